The molecule has 0 spiro atoms. The molecular weight excluding hydrogens is 390 g/mol. The number of hydrogen-bond donors (Lipinski definition) is 2. The molecule has 3 heterocycles. The summed E-state index contributed by atoms with van der Waals surface area (Å²) in [5.74, 6) is -0.703. The standard InChI is InChI=1S/C19H27N3O3S.Ca/c1-13(2)22-18(25)15(16(23)14-7-12-26-19(14)22)17(24)20-8-6-11-21-9-4-3-5-10-21;/h7,12-13,23H,3-6,8-11H2,1-2H3,(H,20,24);. The van der Waals surface area contributed by atoms with Gasteiger partial charge in [-0.2, -0.15) is 0 Å². The van der Waals surface area contributed by atoms with Crippen LogP contribution in [0.3, 0.4) is 0 Å². The molecule has 0 atom stereocenters. The molecule has 2 aromatic heterocycles. The molecule has 1 amide bonds. The number of aromatic nitrogens is 1. The molecule has 3 rings (SSSR count). The molecule has 1 aliphatic rings. The van der Waals surface area contributed by atoms with Gasteiger partial charge in [-0.3, -0.25) is 14.2 Å². The normalized spacial score (nSPS) is 15.1. The first-order chi connectivity index (χ1) is 12.5. The zero-order chi connectivity index (χ0) is 18.7. The predicted octanol–water partition coefficient (Wildman–Crippen LogP) is 2.57. The summed E-state index contributed by atoms with van der Waals surface area (Å²) in [7, 11) is 0. The van der Waals surface area contributed by atoms with Crippen LogP contribution in [0.4, 0.5) is 0 Å². The van der Waals surface area contributed by atoms with Crippen molar-refractivity contribution in [1.82, 2.24) is 14.8 Å². The maximum absolute atomic E-state index is 12.8. The van der Waals surface area contributed by atoms with Gasteiger partial charge in [0.25, 0.3) is 11.5 Å². The minimum absolute atomic E-state index is 0. The summed E-state index contributed by atoms with van der Waals surface area (Å²) in [4.78, 5) is 28.5. The largest absolute Gasteiger partial charge is 0.506 e. The molecule has 1 saturated heterocycles. The van der Waals surface area contributed by atoms with E-state index in [0.717, 1.165) is 26.1 Å². The maximum atomic E-state index is 12.8. The summed E-state index contributed by atoms with van der Waals surface area (Å²) in [5, 5.41) is 15.7. The van der Waals surface area contributed by atoms with Crippen molar-refractivity contribution in [2.45, 2.75) is 45.6 Å². The minimum Gasteiger partial charge on any atom is -0.506 e. The number of fused-ring (bicyclic) bond motifs is 1. The summed E-state index contributed by atoms with van der Waals surface area (Å²) < 4.78 is 1.59. The second-order valence-corrected chi connectivity index (χ2v) is 8.04. The van der Waals surface area contributed by atoms with E-state index >= 15 is 0 Å². The number of carbonyl (C=O) groups is 1. The van der Waals surface area contributed by atoms with Gasteiger partial charge in [0, 0.05) is 50.3 Å². The first kappa shape index (κ1) is 22.7. The van der Waals surface area contributed by atoms with Crippen molar-refractivity contribution < 1.29 is 9.90 Å². The molecule has 2 radical (unpaired) electrons. The summed E-state index contributed by atoms with van der Waals surface area (Å²) in [6.45, 7) is 7.50. The molecule has 2 N–H and O–H groups in total. The summed E-state index contributed by atoms with van der Waals surface area (Å²) in [5.41, 5.74) is -0.580. The van der Waals surface area contributed by atoms with Crippen molar-refractivity contribution in [1.29, 1.82) is 0 Å². The van der Waals surface area contributed by atoms with E-state index in [1.165, 1.54) is 30.6 Å². The predicted molar refractivity (Wildman–Crippen MR) is 111 cm³/mol. The number of rotatable bonds is 6. The van der Waals surface area contributed by atoms with Crippen molar-refractivity contribution in [2.75, 3.05) is 26.2 Å². The molecule has 0 saturated carbocycles. The van der Waals surface area contributed by atoms with E-state index < -0.39 is 11.5 Å². The SMILES string of the molecule is CC(C)n1c(=O)c(C(=O)NCCCN2CCCCC2)c(O)c2ccsc21.[Ca]. The van der Waals surface area contributed by atoms with Gasteiger partial charge in [0.05, 0.1) is 5.39 Å². The fraction of sp³-hybridized carbons (Fsp3) is 0.579. The van der Waals surface area contributed by atoms with E-state index in [-0.39, 0.29) is 55.1 Å². The number of thiophene rings is 1. The second-order valence-electron chi connectivity index (χ2n) is 7.14. The van der Waals surface area contributed by atoms with Crippen molar-refractivity contribution in [3.05, 3.63) is 27.4 Å². The molecule has 0 unspecified atom stereocenters. The Kier molecular flexibility index (Phi) is 8.62. The van der Waals surface area contributed by atoms with Crippen LogP contribution in [-0.2, 0) is 0 Å². The van der Waals surface area contributed by atoms with Crippen LogP contribution in [0.5, 0.6) is 5.75 Å². The zero-order valence-corrected chi connectivity index (χ0v) is 19.2. The van der Waals surface area contributed by atoms with Gasteiger partial charge in [0.15, 0.2) is 0 Å². The molecule has 1 fully saturated rings. The summed E-state index contributed by atoms with van der Waals surface area (Å²) >= 11 is 1.39. The van der Waals surface area contributed by atoms with Gasteiger partial charge in [-0.1, -0.05) is 6.42 Å². The van der Waals surface area contributed by atoms with Crippen LogP contribution in [0.25, 0.3) is 10.2 Å². The topological polar surface area (TPSA) is 74.6 Å². The Hall–Kier alpha value is -0.600. The first-order valence-corrected chi connectivity index (χ1v) is 10.2. The van der Waals surface area contributed by atoms with Crippen LogP contribution in [-0.4, -0.2) is 84.4 Å². The van der Waals surface area contributed by atoms with Crippen LogP contribution in [0.2, 0.25) is 0 Å². The summed E-state index contributed by atoms with van der Waals surface area (Å²) in [6.07, 6.45) is 4.64. The Balaban J connectivity index is 0.00000261. The zero-order valence-electron chi connectivity index (χ0n) is 16.2. The first-order valence-electron chi connectivity index (χ1n) is 9.36. The number of piperidine rings is 1. The fourth-order valence-corrected chi connectivity index (χ4v) is 4.60. The van der Waals surface area contributed by atoms with Crippen LogP contribution >= 0.6 is 11.3 Å². The number of likely N-dealkylation sites (tertiary alicyclic amines) is 1. The Morgan fingerprint density at radius 3 is 2.67 bits per heavy atom. The van der Waals surface area contributed by atoms with Crippen LogP contribution in [0, 0.1) is 0 Å². The average Bonchev–Trinajstić information content (AvgIpc) is 3.09. The molecular formula is C19H27CaN3O3S. The Morgan fingerprint density at radius 2 is 2.00 bits per heavy atom. The van der Waals surface area contributed by atoms with Crippen LogP contribution in [0.1, 0.15) is 55.9 Å². The molecule has 144 valence electrons. The number of nitrogens with one attached hydrogen (secondary N) is 1. The van der Waals surface area contributed by atoms with Gasteiger partial charge in [-0.05, 0) is 64.2 Å². The van der Waals surface area contributed by atoms with Gasteiger partial charge in [0.2, 0.25) is 0 Å². The van der Waals surface area contributed by atoms with Gasteiger partial charge in [0.1, 0.15) is 16.1 Å². The molecule has 0 aromatic carbocycles. The molecule has 27 heavy (non-hydrogen) atoms. The van der Waals surface area contributed by atoms with Gasteiger partial charge >= 0.3 is 0 Å². The third kappa shape index (κ3) is 5.07. The van der Waals surface area contributed by atoms with E-state index in [0.29, 0.717) is 16.8 Å². The number of nitrogens with zero attached hydrogens (tertiary/aromatic N) is 2. The number of hydrogen-bond acceptors (Lipinski definition) is 5. The number of aromatic hydroxyl groups is 1. The Bertz CT molecular complexity index is 841. The number of carbonyl (C=O) groups excluding carboxylic acids is 1. The molecule has 8 heteroatoms. The maximum Gasteiger partial charge on any atom is 0.268 e. The third-order valence-electron chi connectivity index (χ3n) is 4.92. The van der Waals surface area contributed by atoms with Crippen LogP contribution < -0.4 is 10.9 Å². The van der Waals surface area contributed by atoms with E-state index in [2.05, 4.69) is 10.2 Å². The van der Waals surface area contributed by atoms with Crippen molar-refractivity contribution in [3.8, 4) is 5.75 Å². The van der Waals surface area contributed by atoms with E-state index in [4.69, 9.17) is 0 Å². The number of amides is 1. The second kappa shape index (κ2) is 10.3. The average molecular weight is 418 g/mol. The van der Waals surface area contributed by atoms with Gasteiger partial charge < -0.3 is 15.3 Å². The molecule has 1 aliphatic heterocycles. The third-order valence-corrected chi connectivity index (χ3v) is 5.83. The molecule has 2 aromatic rings. The van der Waals surface area contributed by atoms with Crippen molar-refractivity contribution in [3.63, 3.8) is 0 Å². The quantitative estimate of drug-likeness (QED) is 0.560. The number of pyridine rings is 1. The Labute approximate surface area is 193 Å². The van der Waals surface area contributed by atoms with Gasteiger partial charge in [-0.25, -0.2) is 0 Å². The van der Waals surface area contributed by atoms with E-state index in [1.807, 2.05) is 19.2 Å². The minimum atomic E-state index is -0.492. The van der Waals surface area contributed by atoms with Crippen molar-refractivity contribution in [2.24, 2.45) is 0 Å². The van der Waals surface area contributed by atoms with Gasteiger partial charge in [-0.15, -0.1) is 11.3 Å². The smallest absolute Gasteiger partial charge is 0.268 e. The fourth-order valence-electron chi connectivity index (χ4n) is 3.57. The summed E-state index contributed by atoms with van der Waals surface area (Å²) in [6, 6.07) is 1.66. The molecule has 0 aliphatic carbocycles. The monoisotopic (exact) mass is 417 g/mol. The van der Waals surface area contributed by atoms with E-state index in [1.54, 1.807) is 10.6 Å². The Morgan fingerprint density at radius 1 is 1.30 bits per heavy atom. The van der Waals surface area contributed by atoms with Crippen molar-refractivity contribution >= 4 is 65.2 Å². The molecule has 0 bridgehead atoms. The molecule has 6 nitrogen and oxygen atoms in total. The van der Waals surface area contributed by atoms with Crippen LogP contribution in [0.15, 0.2) is 16.2 Å². The van der Waals surface area contributed by atoms with E-state index in [9.17, 15) is 14.7 Å².